The molecule has 2 amide bonds. The molecular formula is C17H17BrN2O4S. The fourth-order valence-corrected chi connectivity index (χ4v) is 3.67. The van der Waals surface area contributed by atoms with Gasteiger partial charge in [-0.25, -0.2) is 8.42 Å². The van der Waals surface area contributed by atoms with Crippen molar-refractivity contribution in [2.24, 2.45) is 5.73 Å². The maximum absolute atomic E-state index is 12.8. The maximum atomic E-state index is 12.8. The highest BCUT2D eigenvalue weighted by molar-refractivity contribution is 9.10. The van der Waals surface area contributed by atoms with Crippen molar-refractivity contribution < 1.29 is 18.0 Å². The number of amides is 2. The number of hydrogen-bond acceptors (Lipinski definition) is 4. The van der Waals surface area contributed by atoms with Crippen LogP contribution in [0.1, 0.15) is 24.2 Å². The van der Waals surface area contributed by atoms with Crippen molar-refractivity contribution in [1.82, 2.24) is 0 Å². The van der Waals surface area contributed by atoms with Crippen LogP contribution in [0.4, 0.5) is 5.69 Å². The normalized spacial score (nSPS) is 11.8. The lowest BCUT2D eigenvalue weighted by Crippen LogP contribution is -2.44. The summed E-state index contributed by atoms with van der Waals surface area (Å²) >= 11 is 3.24. The average molecular weight is 425 g/mol. The van der Waals surface area contributed by atoms with Gasteiger partial charge in [0.1, 0.15) is 4.75 Å². The molecule has 0 heterocycles. The van der Waals surface area contributed by atoms with Crippen LogP contribution in [0, 0.1) is 0 Å². The van der Waals surface area contributed by atoms with Crippen molar-refractivity contribution in [3.8, 4) is 0 Å². The van der Waals surface area contributed by atoms with E-state index in [1.807, 2.05) is 0 Å². The lowest BCUT2D eigenvalue weighted by atomic mass is 10.1. The predicted octanol–water partition coefficient (Wildman–Crippen LogP) is 2.74. The van der Waals surface area contributed by atoms with E-state index < -0.39 is 26.4 Å². The first-order valence-electron chi connectivity index (χ1n) is 7.27. The SMILES string of the molecule is CC(C)(C(=O)Nc1ccc(C(N)=O)cc1)S(=O)(=O)c1ccc(Br)cc1. The van der Waals surface area contributed by atoms with E-state index in [-0.39, 0.29) is 4.90 Å². The van der Waals surface area contributed by atoms with Gasteiger partial charge in [-0.2, -0.15) is 0 Å². The minimum absolute atomic E-state index is 0.0555. The standard InChI is InChI=1S/C17H17BrN2O4S/c1-17(2,25(23,24)14-9-5-12(18)6-10-14)16(22)20-13-7-3-11(4-8-13)15(19)21/h3-10H,1-2H3,(H2,19,21)(H,20,22). The van der Waals surface area contributed by atoms with Crippen LogP contribution in [0.15, 0.2) is 57.9 Å². The van der Waals surface area contributed by atoms with E-state index in [9.17, 15) is 18.0 Å². The number of nitrogens with two attached hydrogens (primary N) is 1. The van der Waals surface area contributed by atoms with Crippen LogP contribution in [0.3, 0.4) is 0 Å². The molecule has 3 N–H and O–H groups in total. The van der Waals surface area contributed by atoms with Crippen LogP contribution in [0.2, 0.25) is 0 Å². The largest absolute Gasteiger partial charge is 0.366 e. The molecule has 0 aliphatic carbocycles. The van der Waals surface area contributed by atoms with E-state index in [4.69, 9.17) is 5.73 Å². The molecule has 8 heteroatoms. The van der Waals surface area contributed by atoms with Gasteiger partial charge < -0.3 is 11.1 Å². The molecule has 0 unspecified atom stereocenters. The topological polar surface area (TPSA) is 106 Å². The number of carbonyl (C=O) groups excluding carboxylic acids is 2. The lowest BCUT2D eigenvalue weighted by molar-refractivity contribution is -0.117. The molecule has 0 saturated carbocycles. The van der Waals surface area contributed by atoms with Crippen LogP contribution in [-0.4, -0.2) is 25.0 Å². The Balaban J connectivity index is 2.26. The molecule has 0 aliphatic rings. The Morgan fingerprint density at radius 2 is 1.52 bits per heavy atom. The quantitative estimate of drug-likeness (QED) is 0.768. The van der Waals surface area contributed by atoms with Crippen molar-refractivity contribution in [2.45, 2.75) is 23.5 Å². The molecule has 2 aromatic carbocycles. The molecule has 0 atom stereocenters. The fraction of sp³-hybridized carbons (Fsp3) is 0.176. The highest BCUT2D eigenvalue weighted by atomic mass is 79.9. The number of sulfone groups is 1. The summed E-state index contributed by atoms with van der Waals surface area (Å²) in [5.41, 5.74) is 5.82. The highest BCUT2D eigenvalue weighted by Gasteiger charge is 2.42. The van der Waals surface area contributed by atoms with E-state index in [0.717, 1.165) is 4.47 Å². The molecule has 0 bridgehead atoms. The number of hydrogen-bond donors (Lipinski definition) is 2. The summed E-state index contributed by atoms with van der Waals surface area (Å²) in [5, 5.41) is 2.56. The summed E-state index contributed by atoms with van der Waals surface area (Å²) in [6, 6.07) is 12.0. The minimum atomic E-state index is -3.90. The van der Waals surface area contributed by atoms with Crippen molar-refractivity contribution in [1.29, 1.82) is 0 Å². The molecule has 0 aliphatic heterocycles. The van der Waals surface area contributed by atoms with E-state index in [0.29, 0.717) is 11.3 Å². The van der Waals surface area contributed by atoms with Crippen LogP contribution in [0.25, 0.3) is 0 Å². The molecule has 6 nitrogen and oxygen atoms in total. The van der Waals surface area contributed by atoms with Crippen molar-refractivity contribution >= 4 is 43.3 Å². The van der Waals surface area contributed by atoms with E-state index in [1.165, 1.54) is 50.2 Å². The van der Waals surface area contributed by atoms with Gasteiger partial charge in [-0.3, -0.25) is 9.59 Å². The monoisotopic (exact) mass is 424 g/mol. The first-order valence-corrected chi connectivity index (χ1v) is 9.55. The molecule has 2 aromatic rings. The lowest BCUT2D eigenvalue weighted by Gasteiger charge is -2.24. The Morgan fingerprint density at radius 3 is 2.00 bits per heavy atom. The van der Waals surface area contributed by atoms with Gasteiger partial charge in [-0.15, -0.1) is 0 Å². The van der Waals surface area contributed by atoms with Gasteiger partial charge in [0.15, 0.2) is 9.84 Å². The number of benzene rings is 2. The van der Waals surface area contributed by atoms with Crippen molar-refractivity contribution in [2.75, 3.05) is 5.32 Å². The van der Waals surface area contributed by atoms with Gasteiger partial charge in [0.25, 0.3) is 0 Å². The molecule has 2 rings (SSSR count). The van der Waals surface area contributed by atoms with Crippen LogP contribution >= 0.6 is 15.9 Å². The molecule has 132 valence electrons. The third-order valence-corrected chi connectivity index (χ3v) is 6.72. The summed E-state index contributed by atoms with van der Waals surface area (Å²) in [6.45, 7) is 2.69. The Labute approximate surface area is 154 Å². The van der Waals surface area contributed by atoms with Gasteiger partial charge in [0.2, 0.25) is 11.8 Å². The van der Waals surface area contributed by atoms with E-state index in [1.54, 1.807) is 12.1 Å². The number of primary amides is 1. The summed E-state index contributed by atoms with van der Waals surface area (Å²) in [7, 11) is -3.90. The first kappa shape index (κ1) is 19.1. The second-order valence-electron chi connectivity index (χ2n) is 5.86. The number of carbonyl (C=O) groups is 2. The highest BCUT2D eigenvalue weighted by Crippen LogP contribution is 2.28. The second-order valence-corrected chi connectivity index (χ2v) is 9.28. The smallest absolute Gasteiger partial charge is 0.248 e. The zero-order valence-corrected chi connectivity index (χ0v) is 16.0. The van der Waals surface area contributed by atoms with E-state index in [2.05, 4.69) is 21.2 Å². The van der Waals surface area contributed by atoms with Crippen LogP contribution < -0.4 is 11.1 Å². The number of nitrogens with one attached hydrogen (secondary N) is 1. The number of rotatable bonds is 5. The molecule has 0 radical (unpaired) electrons. The maximum Gasteiger partial charge on any atom is 0.248 e. The average Bonchev–Trinajstić information content (AvgIpc) is 2.55. The van der Waals surface area contributed by atoms with Crippen LogP contribution in [-0.2, 0) is 14.6 Å². The summed E-state index contributed by atoms with van der Waals surface area (Å²) < 4.78 is 24.7. The molecule has 0 fully saturated rings. The zero-order chi connectivity index (χ0) is 18.8. The zero-order valence-electron chi connectivity index (χ0n) is 13.6. The molecule has 0 saturated heterocycles. The molecule has 25 heavy (non-hydrogen) atoms. The van der Waals surface area contributed by atoms with E-state index >= 15 is 0 Å². The fourth-order valence-electron chi connectivity index (χ4n) is 2.03. The van der Waals surface area contributed by atoms with Gasteiger partial charge in [0, 0.05) is 15.7 Å². The Morgan fingerprint density at radius 1 is 1.00 bits per heavy atom. The Hall–Kier alpha value is -2.19. The van der Waals surface area contributed by atoms with Gasteiger partial charge in [-0.05, 0) is 62.4 Å². The third-order valence-electron chi connectivity index (χ3n) is 3.77. The predicted molar refractivity (Wildman–Crippen MR) is 99.0 cm³/mol. The Bertz CT molecular complexity index is 905. The summed E-state index contributed by atoms with van der Waals surface area (Å²) in [6.07, 6.45) is 0. The van der Waals surface area contributed by atoms with Gasteiger partial charge >= 0.3 is 0 Å². The minimum Gasteiger partial charge on any atom is -0.366 e. The first-order chi connectivity index (χ1) is 11.6. The molecular weight excluding hydrogens is 408 g/mol. The van der Waals surface area contributed by atoms with Gasteiger partial charge in [0.05, 0.1) is 4.90 Å². The molecule has 0 aromatic heterocycles. The Kier molecular flexibility index (Phi) is 5.34. The number of anilines is 1. The summed E-state index contributed by atoms with van der Waals surface area (Å²) in [5.74, 6) is -1.27. The second kappa shape index (κ2) is 6.97. The summed E-state index contributed by atoms with van der Waals surface area (Å²) in [4.78, 5) is 23.7. The third kappa shape index (κ3) is 3.91. The van der Waals surface area contributed by atoms with Crippen molar-refractivity contribution in [3.63, 3.8) is 0 Å². The number of halogens is 1. The van der Waals surface area contributed by atoms with Crippen LogP contribution in [0.5, 0.6) is 0 Å². The van der Waals surface area contributed by atoms with Gasteiger partial charge in [-0.1, -0.05) is 15.9 Å². The van der Waals surface area contributed by atoms with Crippen molar-refractivity contribution in [3.05, 3.63) is 58.6 Å². The molecule has 0 spiro atoms.